The fourth-order valence-corrected chi connectivity index (χ4v) is 6.14. The lowest BCUT2D eigenvalue weighted by molar-refractivity contribution is -0.137. The third-order valence-electron chi connectivity index (χ3n) is 6.47. The zero-order valence-electron chi connectivity index (χ0n) is 21.6. The zero-order chi connectivity index (χ0) is 28.4. The molecular weight excluding hydrogens is 553 g/mol. The van der Waals surface area contributed by atoms with Crippen LogP contribution >= 0.6 is 11.3 Å². The summed E-state index contributed by atoms with van der Waals surface area (Å²) < 4.78 is 73.2. The average molecular weight is 583 g/mol. The lowest BCUT2D eigenvalue weighted by atomic mass is 9.77. The summed E-state index contributed by atoms with van der Waals surface area (Å²) in [5.41, 5.74) is -0.220. The molecule has 0 bridgehead atoms. The van der Waals surface area contributed by atoms with E-state index in [0.29, 0.717) is 10.6 Å². The molecule has 2 aromatic carbocycles. The highest BCUT2D eigenvalue weighted by Crippen LogP contribution is 2.39. The molecule has 1 saturated carbocycles. The van der Waals surface area contributed by atoms with Gasteiger partial charge in [0.05, 0.1) is 28.7 Å². The second-order valence-corrected chi connectivity index (χ2v) is 12.3. The molecule has 210 valence electrons. The van der Waals surface area contributed by atoms with Crippen LogP contribution < -0.4 is 14.8 Å². The molecule has 1 heterocycles. The number of ether oxygens (including phenoxy) is 1. The minimum absolute atomic E-state index is 0.00426. The predicted molar refractivity (Wildman–Crippen MR) is 141 cm³/mol. The summed E-state index contributed by atoms with van der Waals surface area (Å²) in [6.07, 6.45) is -1.88. The van der Waals surface area contributed by atoms with Crippen molar-refractivity contribution in [2.75, 3.05) is 11.3 Å². The van der Waals surface area contributed by atoms with Gasteiger partial charge in [0.2, 0.25) is 5.13 Å². The van der Waals surface area contributed by atoms with E-state index in [9.17, 15) is 26.4 Å². The van der Waals surface area contributed by atoms with Gasteiger partial charge in [-0.15, -0.1) is 10.2 Å². The van der Waals surface area contributed by atoms with Crippen LogP contribution in [0.15, 0.2) is 47.4 Å². The van der Waals surface area contributed by atoms with Gasteiger partial charge in [0.25, 0.3) is 15.9 Å². The molecule has 8 nitrogen and oxygen atoms in total. The minimum atomic E-state index is -4.57. The maximum absolute atomic E-state index is 13.2. The summed E-state index contributed by atoms with van der Waals surface area (Å²) in [5.74, 6) is -0.497. The quantitative estimate of drug-likeness (QED) is 0.297. The van der Waals surface area contributed by atoms with Crippen molar-refractivity contribution < 1.29 is 31.1 Å². The number of carbonyl (C=O) groups excluding carboxylic acids is 1. The van der Waals surface area contributed by atoms with Gasteiger partial charge < -0.3 is 10.1 Å². The number of halogens is 3. The van der Waals surface area contributed by atoms with Gasteiger partial charge in [0, 0.05) is 5.92 Å². The van der Waals surface area contributed by atoms with Gasteiger partial charge in [-0.2, -0.15) is 13.2 Å². The van der Waals surface area contributed by atoms with E-state index in [4.69, 9.17) is 4.74 Å². The van der Waals surface area contributed by atoms with Gasteiger partial charge >= 0.3 is 6.18 Å². The number of benzene rings is 2. The van der Waals surface area contributed by atoms with Crippen molar-refractivity contribution in [2.45, 2.75) is 63.1 Å². The molecule has 4 rings (SSSR count). The third kappa shape index (κ3) is 6.70. The second kappa shape index (κ2) is 11.5. The molecule has 1 amide bonds. The highest BCUT2D eigenvalue weighted by molar-refractivity contribution is 7.93. The summed E-state index contributed by atoms with van der Waals surface area (Å²) in [5, 5.41) is 11.7. The van der Waals surface area contributed by atoms with Crippen LogP contribution in [-0.2, 0) is 16.2 Å². The number of anilines is 1. The monoisotopic (exact) mass is 582 g/mol. The number of nitrogens with zero attached hydrogens (tertiary/aromatic N) is 2. The molecule has 1 unspecified atom stereocenters. The topological polar surface area (TPSA) is 110 Å². The van der Waals surface area contributed by atoms with E-state index in [1.165, 1.54) is 12.1 Å². The molecule has 1 fully saturated rings. The Morgan fingerprint density at radius 2 is 1.82 bits per heavy atom. The molecule has 13 heteroatoms. The molecule has 1 atom stereocenters. The maximum Gasteiger partial charge on any atom is 0.416 e. The molecule has 0 saturated heterocycles. The number of aromatic nitrogens is 2. The van der Waals surface area contributed by atoms with Gasteiger partial charge in [0.1, 0.15) is 10.8 Å². The zero-order valence-corrected chi connectivity index (χ0v) is 23.2. The molecule has 1 aliphatic carbocycles. The van der Waals surface area contributed by atoms with Crippen molar-refractivity contribution in [1.82, 2.24) is 15.5 Å². The Kier molecular flexibility index (Phi) is 8.50. The van der Waals surface area contributed by atoms with Gasteiger partial charge in [-0.1, -0.05) is 43.7 Å². The molecule has 0 aliphatic heterocycles. The number of rotatable bonds is 10. The van der Waals surface area contributed by atoms with Gasteiger partial charge in [-0.3, -0.25) is 9.52 Å². The molecule has 39 heavy (non-hydrogen) atoms. The van der Waals surface area contributed by atoms with Crippen molar-refractivity contribution in [1.29, 1.82) is 0 Å². The Morgan fingerprint density at radius 3 is 2.36 bits per heavy atom. The average Bonchev–Trinajstić information content (AvgIpc) is 3.30. The Hall–Kier alpha value is -3.19. The van der Waals surface area contributed by atoms with E-state index in [1.54, 1.807) is 19.1 Å². The number of alkyl halides is 3. The van der Waals surface area contributed by atoms with Crippen molar-refractivity contribution in [3.8, 4) is 5.75 Å². The van der Waals surface area contributed by atoms with Crippen molar-refractivity contribution in [3.05, 3.63) is 64.2 Å². The van der Waals surface area contributed by atoms with Crippen LogP contribution in [0.3, 0.4) is 0 Å². The summed E-state index contributed by atoms with van der Waals surface area (Å²) in [6.45, 7) is 5.58. The summed E-state index contributed by atoms with van der Waals surface area (Å²) >= 11 is 1.16. The van der Waals surface area contributed by atoms with Crippen LogP contribution in [0, 0.1) is 5.92 Å². The largest absolute Gasteiger partial charge is 0.493 e. The first-order chi connectivity index (χ1) is 18.4. The third-order valence-corrected chi connectivity index (χ3v) is 9.09. The van der Waals surface area contributed by atoms with Gasteiger partial charge in [-0.25, -0.2) is 8.42 Å². The van der Waals surface area contributed by atoms with Crippen LogP contribution in [0.2, 0.25) is 0 Å². The Morgan fingerprint density at radius 1 is 1.13 bits per heavy atom. The minimum Gasteiger partial charge on any atom is -0.493 e. The Labute approximate surface area is 229 Å². The van der Waals surface area contributed by atoms with Crippen molar-refractivity contribution in [2.24, 2.45) is 5.92 Å². The van der Waals surface area contributed by atoms with E-state index < -0.39 is 33.7 Å². The van der Waals surface area contributed by atoms with E-state index in [1.807, 2.05) is 13.8 Å². The number of hydrogen-bond donors (Lipinski definition) is 2. The maximum atomic E-state index is 13.2. The number of nitrogens with one attached hydrogen (secondary N) is 2. The standard InChI is InChI=1S/C26H29F3N4O4S2/c1-4-37-21-14-18(26(27,28)29)10-13-20(21)23(34)30-22(16-6-5-7-16)17-8-11-19(12-9-17)39(35,36)33-25-32-31-24(38-25)15(2)3/h8-16,22H,4-7H2,1-3H3,(H,30,34)(H,32,33). The normalized spacial score (nSPS) is 15.1. The van der Waals surface area contributed by atoms with Gasteiger partial charge in [0.15, 0.2) is 0 Å². The summed E-state index contributed by atoms with van der Waals surface area (Å²) in [6, 6.07) is 8.50. The van der Waals surface area contributed by atoms with E-state index in [2.05, 4.69) is 20.2 Å². The van der Waals surface area contributed by atoms with Crippen LogP contribution in [0.1, 0.15) is 78.5 Å². The first kappa shape index (κ1) is 28.8. The molecule has 1 aliphatic rings. The molecule has 3 aromatic rings. The molecule has 1 aromatic heterocycles. The van der Waals surface area contributed by atoms with Crippen molar-refractivity contribution >= 4 is 32.4 Å². The fraction of sp³-hybridized carbons (Fsp3) is 0.423. The summed E-state index contributed by atoms with van der Waals surface area (Å²) in [4.78, 5) is 13.2. The van der Waals surface area contributed by atoms with E-state index in [-0.39, 0.29) is 39.8 Å². The lowest BCUT2D eigenvalue weighted by Crippen LogP contribution is -2.36. The number of amides is 1. The molecule has 0 radical (unpaired) electrons. The van der Waals surface area contributed by atoms with Crippen LogP contribution in [-0.4, -0.2) is 31.1 Å². The van der Waals surface area contributed by atoms with E-state index in [0.717, 1.165) is 48.8 Å². The fourth-order valence-electron chi connectivity index (χ4n) is 4.16. The van der Waals surface area contributed by atoms with Crippen LogP contribution in [0.5, 0.6) is 5.75 Å². The Balaban J connectivity index is 1.55. The SMILES string of the molecule is CCOc1cc(C(F)(F)F)ccc1C(=O)NC(c1ccc(S(=O)(=O)Nc2nnc(C(C)C)s2)cc1)C1CCC1. The number of sulfonamides is 1. The number of hydrogen-bond acceptors (Lipinski definition) is 7. The smallest absolute Gasteiger partial charge is 0.416 e. The summed E-state index contributed by atoms with van der Waals surface area (Å²) in [7, 11) is -3.91. The van der Waals surface area contributed by atoms with E-state index >= 15 is 0 Å². The number of carbonyl (C=O) groups is 1. The Bertz CT molecular complexity index is 1420. The second-order valence-electron chi connectivity index (χ2n) is 9.56. The highest BCUT2D eigenvalue weighted by atomic mass is 32.2. The first-order valence-corrected chi connectivity index (χ1v) is 14.8. The van der Waals surface area contributed by atoms with Gasteiger partial charge in [-0.05, 0) is 61.6 Å². The lowest BCUT2D eigenvalue weighted by Gasteiger charge is -2.35. The van der Waals surface area contributed by atoms with Crippen LogP contribution in [0.4, 0.5) is 18.3 Å². The molecule has 2 N–H and O–H groups in total. The molecule has 0 spiro atoms. The first-order valence-electron chi connectivity index (χ1n) is 12.5. The molecular formula is C26H29F3N4O4S2. The highest BCUT2D eigenvalue weighted by Gasteiger charge is 2.34. The van der Waals surface area contributed by atoms with Crippen molar-refractivity contribution in [3.63, 3.8) is 0 Å². The predicted octanol–water partition coefficient (Wildman–Crippen LogP) is 6.15. The van der Waals surface area contributed by atoms with Crippen LogP contribution in [0.25, 0.3) is 0 Å².